The van der Waals surface area contributed by atoms with Gasteiger partial charge in [-0.2, -0.15) is 0 Å². The zero-order valence-corrected chi connectivity index (χ0v) is 16.6. The molecule has 25 heavy (non-hydrogen) atoms. The van der Waals surface area contributed by atoms with E-state index >= 15 is 0 Å². The van der Waals surface area contributed by atoms with E-state index in [4.69, 9.17) is 14.6 Å². The summed E-state index contributed by atoms with van der Waals surface area (Å²) in [6.07, 6.45) is 6.10. The Balaban J connectivity index is -0.00000192. The molecule has 1 rings (SSSR count). The van der Waals surface area contributed by atoms with Crippen LogP contribution in [-0.2, 0) is 14.3 Å². The van der Waals surface area contributed by atoms with Crippen molar-refractivity contribution in [2.24, 2.45) is 0 Å². The topological polar surface area (TPSA) is 89.9 Å². The maximum Gasteiger partial charge on any atom is 2.00 e. The molecule has 0 fully saturated rings. The van der Waals surface area contributed by atoms with Crippen molar-refractivity contribution in [2.75, 3.05) is 13.2 Å². The number of rotatable bonds is 10. The van der Waals surface area contributed by atoms with Gasteiger partial charge in [0.1, 0.15) is 0 Å². The van der Waals surface area contributed by atoms with Crippen molar-refractivity contribution in [3.8, 4) is 0 Å². The number of carboxylic acids is 1. The fraction of sp³-hybridized carbons (Fsp3) is 0.389. The zero-order chi connectivity index (χ0) is 17.8. The fourth-order valence-electron chi connectivity index (χ4n) is 2.00. The number of carbonyl (C=O) groups is 3. The number of ether oxygens (including phenoxy) is 2. The molecule has 0 amide bonds. The summed E-state index contributed by atoms with van der Waals surface area (Å²) < 4.78 is 10.1. The summed E-state index contributed by atoms with van der Waals surface area (Å²) in [7, 11) is 0. The molecule has 0 aliphatic rings. The van der Waals surface area contributed by atoms with E-state index in [9.17, 15) is 14.4 Å². The first-order chi connectivity index (χ1) is 11.6. The molecule has 6 nitrogen and oxygen atoms in total. The first kappa shape index (κ1) is 23.6. The van der Waals surface area contributed by atoms with Gasteiger partial charge in [-0.25, -0.2) is 14.4 Å². The second-order valence-corrected chi connectivity index (χ2v) is 5.07. The number of benzene rings is 1. The smallest absolute Gasteiger partial charge is 1.00 e. The molecule has 0 heterocycles. The van der Waals surface area contributed by atoms with Crippen LogP contribution in [0, 0.1) is 0 Å². The molecular weight excluding hydrogens is 352 g/mol. The fourth-order valence-corrected chi connectivity index (χ4v) is 2.00. The molecule has 1 aromatic rings. The van der Waals surface area contributed by atoms with E-state index in [0.717, 1.165) is 19.3 Å². The predicted molar refractivity (Wildman–Crippen MR) is 95.9 cm³/mol. The first-order valence-corrected chi connectivity index (χ1v) is 7.85. The summed E-state index contributed by atoms with van der Waals surface area (Å²) >= 11 is 0. The Morgan fingerprint density at radius 3 is 2.12 bits per heavy atom. The van der Waals surface area contributed by atoms with Gasteiger partial charge < -0.3 is 17.4 Å². The van der Waals surface area contributed by atoms with Gasteiger partial charge in [0.25, 0.3) is 0 Å². The molecule has 134 valence electrons. The number of esters is 2. The molecule has 0 bridgehead atoms. The maximum atomic E-state index is 11.9. The van der Waals surface area contributed by atoms with Crippen LogP contribution < -0.4 is 0 Å². The molecule has 0 atom stereocenters. The molecule has 0 aliphatic carbocycles. The molecular formula is C18H24CaO6. The SMILES string of the molecule is CC=CC(=O)OCCCCCCOC(=O)c1ccccc1C(=O)O.[Ca+2].[H-].[H-]. The van der Waals surface area contributed by atoms with Crippen molar-refractivity contribution >= 4 is 55.6 Å². The van der Waals surface area contributed by atoms with Crippen molar-refractivity contribution in [2.45, 2.75) is 32.6 Å². The second kappa shape index (κ2) is 13.9. The van der Waals surface area contributed by atoms with Crippen LogP contribution in [0.2, 0.25) is 0 Å². The normalized spacial score (nSPS) is 10.1. The zero-order valence-electron chi connectivity index (χ0n) is 16.4. The molecule has 1 aromatic carbocycles. The van der Waals surface area contributed by atoms with Gasteiger partial charge in [-0.3, -0.25) is 0 Å². The maximum absolute atomic E-state index is 11.9. The van der Waals surface area contributed by atoms with Crippen molar-refractivity contribution in [3.05, 3.63) is 47.5 Å². The van der Waals surface area contributed by atoms with Crippen molar-refractivity contribution < 1.29 is 31.8 Å². The van der Waals surface area contributed by atoms with Crippen LogP contribution in [0.1, 0.15) is 56.2 Å². The molecule has 1 N–H and O–H groups in total. The standard InChI is InChI=1S/C18H22O6.Ca.2H/c1-2-9-16(19)23-12-7-3-4-8-13-24-18(22)15-11-6-5-10-14(15)17(20)21;;;/h2,5-6,9-11H,3-4,7-8,12-13H2,1H3,(H,20,21);;;/q;+2;2*-1. The average Bonchev–Trinajstić information content (AvgIpc) is 2.57. The minimum atomic E-state index is -1.16. The summed E-state index contributed by atoms with van der Waals surface area (Å²) in [5, 5.41) is 9.03. The van der Waals surface area contributed by atoms with Crippen LogP contribution in [0.5, 0.6) is 0 Å². The van der Waals surface area contributed by atoms with Gasteiger partial charge in [0.2, 0.25) is 0 Å². The summed E-state index contributed by atoms with van der Waals surface area (Å²) in [6.45, 7) is 2.34. The number of carboxylic acid groups (broad SMARTS) is 1. The summed E-state index contributed by atoms with van der Waals surface area (Å²) in [6, 6.07) is 5.96. The van der Waals surface area contributed by atoms with E-state index in [1.54, 1.807) is 25.1 Å². The summed E-state index contributed by atoms with van der Waals surface area (Å²) in [4.78, 5) is 34.0. The van der Waals surface area contributed by atoms with Crippen LogP contribution in [-0.4, -0.2) is 74.0 Å². The van der Waals surface area contributed by atoms with Gasteiger partial charge in [0, 0.05) is 6.08 Å². The van der Waals surface area contributed by atoms with Gasteiger partial charge in [-0.1, -0.05) is 18.2 Å². The molecule has 0 radical (unpaired) electrons. The molecule has 0 unspecified atom stereocenters. The Hall–Kier alpha value is -1.37. The van der Waals surface area contributed by atoms with E-state index in [1.165, 1.54) is 18.2 Å². The number of unbranched alkanes of at least 4 members (excludes halogenated alkanes) is 3. The molecule has 0 saturated heterocycles. The van der Waals surface area contributed by atoms with E-state index in [2.05, 4.69) is 0 Å². The third kappa shape index (κ3) is 9.63. The number of allylic oxidation sites excluding steroid dienone is 1. The largest absolute Gasteiger partial charge is 2.00 e. The van der Waals surface area contributed by atoms with E-state index < -0.39 is 11.9 Å². The molecule has 0 aliphatic heterocycles. The summed E-state index contributed by atoms with van der Waals surface area (Å²) in [5.74, 6) is -2.13. The third-order valence-corrected chi connectivity index (χ3v) is 3.20. The van der Waals surface area contributed by atoms with Gasteiger partial charge in [0.05, 0.1) is 24.3 Å². The monoisotopic (exact) mass is 376 g/mol. The van der Waals surface area contributed by atoms with Crippen molar-refractivity contribution in [3.63, 3.8) is 0 Å². The second-order valence-electron chi connectivity index (χ2n) is 5.07. The molecule has 0 spiro atoms. The van der Waals surface area contributed by atoms with Crippen molar-refractivity contribution in [1.82, 2.24) is 0 Å². The van der Waals surface area contributed by atoms with Crippen LogP contribution in [0.15, 0.2) is 36.4 Å². The number of carbonyl (C=O) groups excluding carboxylic acids is 2. The van der Waals surface area contributed by atoms with E-state index in [0.29, 0.717) is 13.0 Å². The molecule has 0 saturated carbocycles. The van der Waals surface area contributed by atoms with E-state index in [1.807, 2.05) is 0 Å². The molecule has 0 aromatic heterocycles. The minimum absolute atomic E-state index is 0. The Morgan fingerprint density at radius 1 is 1.00 bits per heavy atom. The first-order valence-electron chi connectivity index (χ1n) is 7.85. The number of hydrogen-bond acceptors (Lipinski definition) is 5. The van der Waals surface area contributed by atoms with Gasteiger partial charge in [-0.05, 0) is 44.7 Å². The van der Waals surface area contributed by atoms with Gasteiger partial charge in [-0.15, -0.1) is 0 Å². The van der Waals surface area contributed by atoms with Gasteiger partial charge in [0.15, 0.2) is 0 Å². The van der Waals surface area contributed by atoms with Gasteiger partial charge >= 0.3 is 55.6 Å². The number of hydrogen-bond donors (Lipinski definition) is 1. The van der Waals surface area contributed by atoms with Crippen LogP contribution >= 0.6 is 0 Å². The minimum Gasteiger partial charge on any atom is -1.00 e. The predicted octanol–water partition coefficient (Wildman–Crippen LogP) is 3.07. The van der Waals surface area contributed by atoms with Crippen LogP contribution in [0.25, 0.3) is 0 Å². The molecule has 7 heteroatoms. The summed E-state index contributed by atoms with van der Waals surface area (Å²) in [5.41, 5.74) is -0.00802. The Labute approximate surface area is 180 Å². The number of aromatic carboxylic acids is 1. The Kier molecular flexibility index (Phi) is 13.1. The van der Waals surface area contributed by atoms with Crippen LogP contribution in [0.4, 0.5) is 0 Å². The third-order valence-electron chi connectivity index (χ3n) is 3.20. The quantitative estimate of drug-likeness (QED) is 0.292. The average molecular weight is 376 g/mol. The van der Waals surface area contributed by atoms with E-state index in [-0.39, 0.29) is 64.3 Å². The van der Waals surface area contributed by atoms with Crippen LogP contribution in [0.3, 0.4) is 0 Å². The van der Waals surface area contributed by atoms with Crippen molar-refractivity contribution in [1.29, 1.82) is 0 Å². The Morgan fingerprint density at radius 2 is 1.56 bits per heavy atom. The Bertz CT molecular complexity index is 607.